The molecule has 0 aromatic heterocycles. The number of carbonyl (C=O) groups is 2. The second kappa shape index (κ2) is 11.5. The third kappa shape index (κ3) is 7.60. The summed E-state index contributed by atoms with van der Waals surface area (Å²) in [7, 11) is 0. The smallest absolute Gasteiger partial charge is 0.240 e. The van der Waals surface area contributed by atoms with Crippen molar-refractivity contribution in [2.75, 3.05) is 5.32 Å². The van der Waals surface area contributed by atoms with Crippen molar-refractivity contribution in [3.05, 3.63) is 95.0 Å². The quantitative estimate of drug-likeness (QED) is 0.374. The summed E-state index contributed by atoms with van der Waals surface area (Å²) in [5.41, 5.74) is 4.83. The topological polar surface area (TPSA) is 79.8 Å². The van der Waals surface area contributed by atoms with Crippen molar-refractivity contribution in [2.24, 2.45) is 5.10 Å². The molecule has 158 valence electrons. The molecule has 3 rings (SSSR count). The van der Waals surface area contributed by atoms with Crippen LogP contribution in [0.25, 0.3) is 0 Å². The van der Waals surface area contributed by atoms with Crippen LogP contribution in [-0.4, -0.2) is 18.0 Å². The Balaban J connectivity index is 1.38. The molecule has 2 amide bonds. The predicted molar refractivity (Wildman–Crippen MR) is 122 cm³/mol. The summed E-state index contributed by atoms with van der Waals surface area (Å²) in [6.07, 6.45) is 1.65. The number of carbonyl (C=O) groups excluding carboxylic acids is 2. The van der Waals surface area contributed by atoms with Crippen LogP contribution in [0.1, 0.15) is 24.0 Å². The molecule has 0 saturated heterocycles. The molecule has 0 aliphatic carbocycles. The van der Waals surface area contributed by atoms with Crippen LogP contribution in [0.4, 0.5) is 5.69 Å². The maximum Gasteiger partial charge on any atom is 0.240 e. The first kappa shape index (κ1) is 22.1. The van der Waals surface area contributed by atoms with Gasteiger partial charge in [-0.3, -0.25) is 9.59 Å². The number of ether oxygens (including phenoxy) is 1. The fourth-order valence-corrected chi connectivity index (χ4v) is 2.82. The monoisotopic (exact) mass is 435 g/mol. The lowest BCUT2D eigenvalue weighted by Gasteiger charge is -2.07. The SMILES string of the molecule is O=C(CCC(=O)Nc1ccccc1)NN=Cc1ccc(OCc2ccccc2Cl)cc1. The molecule has 0 aliphatic heterocycles. The summed E-state index contributed by atoms with van der Waals surface area (Å²) in [5, 5.41) is 7.32. The standard InChI is InChI=1S/C24H22ClN3O3/c25-22-9-5-4-6-19(22)17-31-21-12-10-18(11-13-21)16-26-28-24(30)15-14-23(29)27-20-7-2-1-3-8-20/h1-13,16H,14-15,17H2,(H,27,29)(H,28,30). The van der Waals surface area contributed by atoms with E-state index in [1.54, 1.807) is 12.1 Å². The van der Waals surface area contributed by atoms with Gasteiger partial charge in [-0.15, -0.1) is 0 Å². The maximum absolute atomic E-state index is 11.9. The van der Waals surface area contributed by atoms with Crippen LogP contribution in [-0.2, 0) is 16.2 Å². The molecule has 0 unspecified atom stereocenters. The minimum atomic E-state index is -0.334. The van der Waals surface area contributed by atoms with Crippen molar-refractivity contribution >= 4 is 35.3 Å². The molecule has 0 radical (unpaired) electrons. The van der Waals surface area contributed by atoms with Crippen molar-refractivity contribution in [3.8, 4) is 5.75 Å². The van der Waals surface area contributed by atoms with Crippen LogP contribution >= 0.6 is 11.6 Å². The molecule has 31 heavy (non-hydrogen) atoms. The van der Waals surface area contributed by atoms with E-state index in [1.807, 2.05) is 66.7 Å². The van der Waals surface area contributed by atoms with E-state index < -0.39 is 0 Å². The summed E-state index contributed by atoms with van der Waals surface area (Å²) < 4.78 is 5.73. The number of anilines is 1. The second-order valence-corrected chi connectivity index (χ2v) is 7.06. The zero-order valence-electron chi connectivity index (χ0n) is 16.8. The Morgan fingerprint density at radius 2 is 1.55 bits per heavy atom. The lowest BCUT2D eigenvalue weighted by Crippen LogP contribution is -2.20. The fraction of sp³-hybridized carbons (Fsp3) is 0.125. The number of para-hydroxylation sites is 1. The van der Waals surface area contributed by atoms with E-state index in [0.29, 0.717) is 23.1 Å². The van der Waals surface area contributed by atoms with Crippen LogP contribution in [0.2, 0.25) is 5.02 Å². The number of amides is 2. The average Bonchev–Trinajstić information content (AvgIpc) is 2.79. The highest BCUT2D eigenvalue weighted by molar-refractivity contribution is 6.31. The Morgan fingerprint density at radius 3 is 2.29 bits per heavy atom. The summed E-state index contributed by atoms with van der Waals surface area (Å²) in [5.74, 6) is 0.141. The van der Waals surface area contributed by atoms with E-state index in [4.69, 9.17) is 16.3 Å². The second-order valence-electron chi connectivity index (χ2n) is 6.66. The van der Waals surface area contributed by atoms with E-state index in [9.17, 15) is 9.59 Å². The average molecular weight is 436 g/mol. The van der Waals surface area contributed by atoms with E-state index in [2.05, 4.69) is 15.8 Å². The summed E-state index contributed by atoms with van der Waals surface area (Å²) in [6, 6.07) is 23.9. The zero-order chi connectivity index (χ0) is 21.9. The third-order valence-electron chi connectivity index (χ3n) is 4.27. The molecule has 0 heterocycles. The lowest BCUT2D eigenvalue weighted by atomic mass is 10.2. The number of hydrogen-bond acceptors (Lipinski definition) is 4. The van der Waals surface area contributed by atoms with Crippen LogP contribution in [0.5, 0.6) is 5.75 Å². The Morgan fingerprint density at radius 1 is 0.871 bits per heavy atom. The fourth-order valence-electron chi connectivity index (χ4n) is 2.63. The lowest BCUT2D eigenvalue weighted by molar-refractivity contribution is -0.124. The van der Waals surface area contributed by atoms with Gasteiger partial charge in [-0.2, -0.15) is 5.10 Å². The summed E-state index contributed by atoms with van der Waals surface area (Å²) >= 11 is 6.12. The summed E-state index contributed by atoms with van der Waals surface area (Å²) in [4.78, 5) is 23.7. The number of benzene rings is 3. The van der Waals surface area contributed by atoms with E-state index in [-0.39, 0.29) is 24.7 Å². The molecule has 0 aliphatic rings. The molecule has 7 heteroatoms. The van der Waals surface area contributed by atoms with Crippen LogP contribution in [0, 0.1) is 0 Å². The normalized spacial score (nSPS) is 10.6. The number of hydrazone groups is 1. The molecule has 0 spiro atoms. The van der Waals surface area contributed by atoms with Crippen LogP contribution < -0.4 is 15.5 Å². The molecule has 0 bridgehead atoms. The minimum absolute atomic E-state index is 0.0465. The Hall–Kier alpha value is -3.64. The van der Waals surface area contributed by atoms with Gasteiger partial charge < -0.3 is 10.1 Å². The van der Waals surface area contributed by atoms with Crippen LogP contribution in [0.3, 0.4) is 0 Å². The van der Waals surface area contributed by atoms with Gasteiger partial charge in [-0.25, -0.2) is 5.43 Å². The van der Waals surface area contributed by atoms with Crippen molar-refractivity contribution < 1.29 is 14.3 Å². The largest absolute Gasteiger partial charge is 0.489 e. The molecule has 0 atom stereocenters. The highest BCUT2D eigenvalue weighted by atomic mass is 35.5. The number of rotatable bonds is 9. The molecular formula is C24H22ClN3O3. The molecule has 2 N–H and O–H groups in total. The molecule has 3 aromatic rings. The molecule has 0 fully saturated rings. The minimum Gasteiger partial charge on any atom is -0.489 e. The number of nitrogens with one attached hydrogen (secondary N) is 2. The first-order valence-electron chi connectivity index (χ1n) is 9.73. The Bertz CT molecular complexity index is 1040. The van der Waals surface area contributed by atoms with Gasteiger partial charge in [0.2, 0.25) is 11.8 Å². The van der Waals surface area contributed by atoms with Gasteiger partial charge in [0.05, 0.1) is 6.21 Å². The van der Waals surface area contributed by atoms with Crippen molar-refractivity contribution in [1.82, 2.24) is 5.43 Å². The first-order chi connectivity index (χ1) is 15.1. The molecular weight excluding hydrogens is 414 g/mol. The van der Waals surface area contributed by atoms with Gasteiger partial charge in [-0.1, -0.05) is 48.0 Å². The van der Waals surface area contributed by atoms with E-state index in [1.165, 1.54) is 6.21 Å². The van der Waals surface area contributed by atoms with Crippen LogP contribution in [0.15, 0.2) is 84.0 Å². The Labute approximate surface area is 185 Å². The van der Waals surface area contributed by atoms with Crippen molar-refractivity contribution in [3.63, 3.8) is 0 Å². The van der Waals surface area contributed by atoms with Crippen molar-refractivity contribution in [1.29, 1.82) is 0 Å². The highest BCUT2D eigenvalue weighted by Gasteiger charge is 2.06. The van der Waals surface area contributed by atoms with Gasteiger partial charge in [-0.05, 0) is 48.0 Å². The molecule has 0 saturated carbocycles. The molecule has 3 aromatic carbocycles. The van der Waals surface area contributed by atoms with Gasteiger partial charge in [0.1, 0.15) is 12.4 Å². The van der Waals surface area contributed by atoms with Gasteiger partial charge in [0.25, 0.3) is 0 Å². The summed E-state index contributed by atoms with van der Waals surface area (Å²) in [6.45, 7) is 0.376. The van der Waals surface area contributed by atoms with Gasteiger partial charge in [0, 0.05) is 29.1 Å². The van der Waals surface area contributed by atoms with Gasteiger partial charge >= 0.3 is 0 Å². The number of hydrogen-bond donors (Lipinski definition) is 2. The molecule has 6 nitrogen and oxygen atoms in total. The maximum atomic E-state index is 11.9. The first-order valence-corrected chi connectivity index (χ1v) is 10.1. The number of nitrogens with zero attached hydrogens (tertiary/aromatic N) is 1. The predicted octanol–water partition coefficient (Wildman–Crippen LogP) is 4.79. The van der Waals surface area contributed by atoms with E-state index in [0.717, 1.165) is 11.1 Å². The van der Waals surface area contributed by atoms with E-state index >= 15 is 0 Å². The zero-order valence-corrected chi connectivity index (χ0v) is 17.5. The van der Waals surface area contributed by atoms with Crippen molar-refractivity contribution in [2.45, 2.75) is 19.4 Å². The highest BCUT2D eigenvalue weighted by Crippen LogP contribution is 2.18. The van der Waals surface area contributed by atoms with Gasteiger partial charge in [0.15, 0.2) is 0 Å². The third-order valence-corrected chi connectivity index (χ3v) is 4.64. The Kier molecular flexibility index (Phi) is 8.20. The number of halogens is 1.